The molecule has 0 radical (unpaired) electrons. The predicted octanol–water partition coefficient (Wildman–Crippen LogP) is 2.28. The largest absolute Gasteiger partial charge is 0.497 e. The summed E-state index contributed by atoms with van der Waals surface area (Å²) in [4.78, 5) is 11.5. The maximum atomic E-state index is 11.5. The molecule has 0 bridgehead atoms. The second kappa shape index (κ2) is 6.13. The van der Waals surface area contributed by atoms with E-state index in [2.05, 4.69) is 0 Å². The van der Waals surface area contributed by atoms with Crippen LogP contribution in [-0.4, -0.2) is 36.0 Å². The van der Waals surface area contributed by atoms with Gasteiger partial charge < -0.3 is 19.7 Å². The smallest absolute Gasteiger partial charge is 0.336 e. The maximum Gasteiger partial charge on any atom is 0.336 e. The number of hydrogen-bond donors (Lipinski definition) is 2. The molecule has 112 valence electrons. The highest BCUT2D eigenvalue weighted by atomic mass is 16.5. The average Bonchev–Trinajstić information content (AvgIpc) is 2.44. The van der Waals surface area contributed by atoms with Crippen LogP contribution in [-0.2, 0) is 4.79 Å². The minimum Gasteiger partial charge on any atom is -0.497 e. The topological polar surface area (TPSA) is 76.0 Å². The lowest BCUT2D eigenvalue weighted by Gasteiger charge is -2.34. The summed E-state index contributed by atoms with van der Waals surface area (Å²) in [6, 6.07) is 5.12. The van der Waals surface area contributed by atoms with Gasteiger partial charge in [0.05, 0.1) is 14.2 Å². The normalized spacial score (nSPS) is 15.6. The first-order valence-electron chi connectivity index (χ1n) is 6.46. The van der Waals surface area contributed by atoms with Gasteiger partial charge in [0.25, 0.3) is 0 Å². The van der Waals surface area contributed by atoms with Crippen molar-refractivity contribution in [1.82, 2.24) is 0 Å². The molecule has 0 spiro atoms. The summed E-state index contributed by atoms with van der Waals surface area (Å²) in [6.07, 6.45) is 0. The van der Waals surface area contributed by atoms with Crippen molar-refractivity contribution in [2.24, 2.45) is 5.92 Å². The van der Waals surface area contributed by atoms with Crippen molar-refractivity contribution in [2.75, 3.05) is 14.2 Å². The molecule has 2 atom stereocenters. The molecule has 0 aliphatic heterocycles. The van der Waals surface area contributed by atoms with E-state index in [9.17, 15) is 15.0 Å². The first-order valence-corrected chi connectivity index (χ1v) is 6.46. The maximum absolute atomic E-state index is 11.5. The van der Waals surface area contributed by atoms with Gasteiger partial charge >= 0.3 is 5.97 Å². The number of benzene rings is 1. The molecule has 0 aliphatic carbocycles. The average molecular weight is 282 g/mol. The highest BCUT2D eigenvalue weighted by molar-refractivity contribution is 5.79. The summed E-state index contributed by atoms with van der Waals surface area (Å²) in [5.41, 5.74) is -1.27. The zero-order valence-electron chi connectivity index (χ0n) is 12.5. The van der Waals surface area contributed by atoms with Gasteiger partial charge in [0.15, 0.2) is 5.60 Å². The Morgan fingerprint density at radius 1 is 1.20 bits per heavy atom. The highest BCUT2D eigenvalue weighted by Crippen LogP contribution is 2.40. The van der Waals surface area contributed by atoms with E-state index in [1.54, 1.807) is 39.0 Å². The predicted molar refractivity (Wildman–Crippen MR) is 75.4 cm³/mol. The fraction of sp³-hybridized carbons (Fsp3) is 0.533. The number of carbonyl (C=O) groups is 1. The lowest BCUT2D eigenvalue weighted by atomic mass is 9.75. The van der Waals surface area contributed by atoms with Gasteiger partial charge in [-0.1, -0.05) is 20.8 Å². The van der Waals surface area contributed by atoms with Gasteiger partial charge in [-0.05, 0) is 24.1 Å². The molecule has 0 aromatic heterocycles. The van der Waals surface area contributed by atoms with E-state index in [4.69, 9.17) is 9.47 Å². The van der Waals surface area contributed by atoms with Crippen LogP contribution in [0, 0.1) is 5.92 Å². The molecule has 0 amide bonds. The molecule has 5 nitrogen and oxygen atoms in total. The fourth-order valence-electron chi connectivity index (χ4n) is 2.35. The third-order valence-electron chi connectivity index (χ3n) is 3.79. The van der Waals surface area contributed by atoms with Gasteiger partial charge in [-0.15, -0.1) is 0 Å². The van der Waals surface area contributed by atoms with Gasteiger partial charge in [-0.2, -0.15) is 0 Å². The molecule has 2 unspecified atom stereocenters. The van der Waals surface area contributed by atoms with E-state index >= 15 is 0 Å². The third kappa shape index (κ3) is 2.72. The number of ether oxygens (including phenoxy) is 2. The summed E-state index contributed by atoms with van der Waals surface area (Å²) in [5, 5.41) is 20.0. The first kappa shape index (κ1) is 16.3. The lowest BCUT2D eigenvalue weighted by molar-refractivity contribution is -0.166. The van der Waals surface area contributed by atoms with Crippen LogP contribution in [0.2, 0.25) is 0 Å². The number of carboxylic acid groups (broad SMARTS) is 1. The second-order valence-electron chi connectivity index (χ2n) is 5.11. The van der Waals surface area contributed by atoms with E-state index in [-0.39, 0.29) is 0 Å². The molecular formula is C15H22O5. The van der Waals surface area contributed by atoms with Crippen molar-refractivity contribution in [3.63, 3.8) is 0 Å². The Hall–Kier alpha value is -1.75. The summed E-state index contributed by atoms with van der Waals surface area (Å²) in [6.45, 7) is 5.03. The van der Waals surface area contributed by atoms with E-state index in [0.29, 0.717) is 17.1 Å². The fourth-order valence-corrected chi connectivity index (χ4v) is 2.35. The number of carboxylic acids is 1. The number of aliphatic carboxylic acids is 1. The van der Waals surface area contributed by atoms with Crippen molar-refractivity contribution >= 4 is 5.97 Å². The zero-order chi connectivity index (χ0) is 15.5. The van der Waals surface area contributed by atoms with E-state index in [0.717, 1.165) is 0 Å². The number of hydrogen-bond acceptors (Lipinski definition) is 4. The quantitative estimate of drug-likeness (QED) is 0.837. The van der Waals surface area contributed by atoms with Crippen LogP contribution < -0.4 is 9.47 Å². The van der Waals surface area contributed by atoms with Crippen LogP contribution in [0.15, 0.2) is 18.2 Å². The zero-order valence-corrected chi connectivity index (χ0v) is 12.5. The molecule has 2 N–H and O–H groups in total. The van der Waals surface area contributed by atoms with Crippen molar-refractivity contribution in [3.05, 3.63) is 23.8 Å². The molecule has 0 heterocycles. The Morgan fingerprint density at radius 3 is 2.20 bits per heavy atom. The van der Waals surface area contributed by atoms with E-state index < -0.39 is 23.4 Å². The summed E-state index contributed by atoms with van der Waals surface area (Å²) >= 11 is 0. The van der Waals surface area contributed by atoms with E-state index in [1.807, 2.05) is 0 Å². The second-order valence-corrected chi connectivity index (χ2v) is 5.11. The number of aliphatic hydroxyl groups is 1. The van der Waals surface area contributed by atoms with Crippen LogP contribution in [0.1, 0.15) is 32.3 Å². The van der Waals surface area contributed by atoms with Crippen LogP contribution in [0.25, 0.3) is 0 Å². The molecule has 0 saturated carbocycles. The minimum absolute atomic E-state index is 0.453. The van der Waals surface area contributed by atoms with E-state index in [1.165, 1.54) is 14.2 Å². The molecule has 1 aromatic carbocycles. The summed E-state index contributed by atoms with van der Waals surface area (Å²) < 4.78 is 10.4. The molecule has 5 heteroatoms. The van der Waals surface area contributed by atoms with Crippen LogP contribution in [0.5, 0.6) is 11.5 Å². The Balaban J connectivity index is 3.37. The lowest BCUT2D eigenvalue weighted by Crippen LogP contribution is -2.48. The van der Waals surface area contributed by atoms with Gasteiger partial charge in [0, 0.05) is 11.5 Å². The van der Waals surface area contributed by atoms with Gasteiger partial charge in [0.2, 0.25) is 0 Å². The number of methoxy groups -OCH3 is 2. The third-order valence-corrected chi connectivity index (χ3v) is 3.79. The Bertz CT molecular complexity index is 483. The summed E-state index contributed by atoms with van der Waals surface area (Å²) in [5.74, 6) is -1.23. The van der Waals surface area contributed by atoms with Crippen molar-refractivity contribution < 1.29 is 24.5 Å². The van der Waals surface area contributed by atoms with Crippen LogP contribution in [0.4, 0.5) is 0 Å². The molecule has 0 aliphatic rings. The van der Waals surface area contributed by atoms with Gasteiger partial charge in [-0.25, -0.2) is 4.79 Å². The number of rotatable bonds is 6. The molecule has 20 heavy (non-hydrogen) atoms. The monoisotopic (exact) mass is 282 g/mol. The molecule has 0 fully saturated rings. The Labute approximate surface area is 119 Å². The van der Waals surface area contributed by atoms with Gasteiger partial charge in [-0.3, -0.25) is 0 Å². The van der Waals surface area contributed by atoms with Crippen molar-refractivity contribution in [2.45, 2.75) is 32.3 Å². The SMILES string of the molecule is COc1ccc(OC)c(C(C)C(O)(C(=O)O)C(C)C)c1. The standard InChI is InChI=1S/C15H22O5/c1-9(2)15(18,14(16)17)10(3)12-8-11(19-4)6-7-13(12)20-5/h6-10,18H,1-5H3,(H,16,17). The molecule has 0 saturated heterocycles. The summed E-state index contributed by atoms with van der Waals surface area (Å²) in [7, 11) is 3.04. The van der Waals surface area contributed by atoms with Crippen LogP contribution in [0.3, 0.4) is 0 Å². The highest BCUT2D eigenvalue weighted by Gasteiger charge is 2.46. The molecular weight excluding hydrogens is 260 g/mol. The van der Waals surface area contributed by atoms with Crippen LogP contribution >= 0.6 is 0 Å². The Morgan fingerprint density at radius 2 is 1.80 bits per heavy atom. The van der Waals surface area contributed by atoms with Gasteiger partial charge in [0.1, 0.15) is 11.5 Å². The first-order chi connectivity index (χ1) is 9.28. The Kier molecular flexibility index (Phi) is 5.00. The van der Waals surface area contributed by atoms with Crippen molar-refractivity contribution in [1.29, 1.82) is 0 Å². The van der Waals surface area contributed by atoms with Crippen molar-refractivity contribution in [3.8, 4) is 11.5 Å². The molecule has 1 aromatic rings. The minimum atomic E-state index is -1.88. The molecule has 1 rings (SSSR count).